The van der Waals surface area contributed by atoms with Crippen molar-refractivity contribution in [3.8, 4) is 5.75 Å². The van der Waals surface area contributed by atoms with E-state index in [-0.39, 0.29) is 11.8 Å². The fourth-order valence-corrected chi connectivity index (χ4v) is 3.07. The van der Waals surface area contributed by atoms with Gasteiger partial charge in [-0.1, -0.05) is 37.5 Å². The van der Waals surface area contributed by atoms with E-state index in [0.29, 0.717) is 11.5 Å². The molecule has 112 valence electrons. The fourth-order valence-electron chi connectivity index (χ4n) is 3.07. The maximum Gasteiger partial charge on any atom is 0.573 e. The van der Waals surface area contributed by atoms with Gasteiger partial charge >= 0.3 is 6.36 Å². The zero-order valence-electron chi connectivity index (χ0n) is 11.5. The monoisotopic (exact) mass is 287 g/mol. The van der Waals surface area contributed by atoms with Crippen LogP contribution >= 0.6 is 0 Å². The van der Waals surface area contributed by atoms with Gasteiger partial charge < -0.3 is 10.1 Å². The van der Waals surface area contributed by atoms with E-state index < -0.39 is 6.36 Å². The summed E-state index contributed by atoms with van der Waals surface area (Å²) in [5, 5.41) is 3.17. The third-order valence-corrected chi connectivity index (χ3v) is 3.91. The number of alkyl halides is 3. The van der Waals surface area contributed by atoms with E-state index in [0.717, 1.165) is 25.7 Å². The minimum Gasteiger partial charge on any atom is -0.405 e. The lowest BCUT2D eigenvalue weighted by molar-refractivity contribution is -0.275. The predicted molar refractivity (Wildman–Crippen MR) is 71.5 cm³/mol. The van der Waals surface area contributed by atoms with Crippen molar-refractivity contribution in [2.75, 3.05) is 7.05 Å². The average Bonchev–Trinajstić information content (AvgIpc) is 2.41. The lowest BCUT2D eigenvalue weighted by atomic mass is 9.81. The average molecular weight is 287 g/mol. The molecule has 2 rings (SSSR count). The summed E-state index contributed by atoms with van der Waals surface area (Å²) in [6, 6.07) is 6.34. The predicted octanol–water partition coefficient (Wildman–Crippen LogP) is 4.43. The van der Waals surface area contributed by atoms with E-state index in [1.165, 1.54) is 12.5 Å². The second-order valence-corrected chi connectivity index (χ2v) is 5.25. The number of nitrogens with one attached hydrogen (secondary N) is 1. The van der Waals surface area contributed by atoms with Crippen LogP contribution in [0, 0.1) is 5.92 Å². The molecule has 1 N–H and O–H groups in total. The molecule has 0 radical (unpaired) electrons. The summed E-state index contributed by atoms with van der Waals surface area (Å²) in [7, 11) is 1.80. The molecule has 1 aliphatic rings. The van der Waals surface area contributed by atoms with E-state index in [4.69, 9.17) is 0 Å². The van der Waals surface area contributed by atoms with Crippen molar-refractivity contribution in [1.29, 1.82) is 0 Å². The molecule has 1 atom stereocenters. The molecule has 0 spiro atoms. The summed E-state index contributed by atoms with van der Waals surface area (Å²) < 4.78 is 41.6. The molecule has 2 nitrogen and oxygen atoms in total. The van der Waals surface area contributed by atoms with Gasteiger partial charge in [-0.2, -0.15) is 0 Å². The second-order valence-electron chi connectivity index (χ2n) is 5.25. The standard InChI is InChI=1S/C15H20F3NO/c1-19-14(11-7-3-2-4-8-11)12-9-5-6-10-13(12)20-15(16,17)18/h5-6,9-11,14,19H,2-4,7-8H2,1H3. The first-order chi connectivity index (χ1) is 9.51. The molecule has 0 amide bonds. The Morgan fingerprint density at radius 1 is 1.15 bits per heavy atom. The second kappa shape index (κ2) is 6.48. The molecule has 1 aromatic carbocycles. The van der Waals surface area contributed by atoms with Crippen LogP contribution in [0.2, 0.25) is 0 Å². The molecular weight excluding hydrogens is 267 g/mol. The van der Waals surface area contributed by atoms with Gasteiger partial charge in [0.05, 0.1) is 0 Å². The van der Waals surface area contributed by atoms with Crippen molar-refractivity contribution in [1.82, 2.24) is 5.32 Å². The van der Waals surface area contributed by atoms with E-state index in [1.807, 2.05) is 0 Å². The zero-order chi connectivity index (χ0) is 14.6. The molecule has 0 bridgehead atoms. The Hall–Kier alpha value is -1.23. The first kappa shape index (κ1) is 15.2. The van der Waals surface area contributed by atoms with Gasteiger partial charge in [0.25, 0.3) is 0 Å². The summed E-state index contributed by atoms with van der Waals surface area (Å²) in [5.74, 6) is 0.275. The van der Waals surface area contributed by atoms with Gasteiger partial charge in [-0.05, 0) is 31.9 Å². The molecule has 1 aliphatic carbocycles. The summed E-state index contributed by atoms with van der Waals surface area (Å²) in [6.45, 7) is 0. The molecule has 1 fully saturated rings. The Kier molecular flexibility index (Phi) is 4.91. The van der Waals surface area contributed by atoms with Gasteiger partial charge in [0.15, 0.2) is 0 Å². The minimum absolute atomic E-state index is 0.0890. The minimum atomic E-state index is -4.65. The van der Waals surface area contributed by atoms with Crippen LogP contribution in [0.5, 0.6) is 5.75 Å². The lowest BCUT2D eigenvalue weighted by Crippen LogP contribution is -2.28. The van der Waals surface area contributed by atoms with Gasteiger partial charge in [-0.15, -0.1) is 13.2 Å². The Balaban J connectivity index is 2.24. The lowest BCUT2D eigenvalue weighted by Gasteiger charge is -2.31. The highest BCUT2D eigenvalue weighted by atomic mass is 19.4. The topological polar surface area (TPSA) is 21.3 Å². The SMILES string of the molecule is CNC(c1ccccc1OC(F)(F)F)C1CCCCC1. The number of hydrogen-bond acceptors (Lipinski definition) is 2. The van der Waals surface area contributed by atoms with Crippen molar-refractivity contribution >= 4 is 0 Å². The van der Waals surface area contributed by atoms with E-state index in [1.54, 1.807) is 25.2 Å². The van der Waals surface area contributed by atoms with Crippen molar-refractivity contribution in [3.63, 3.8) is 0 Å². The number of para-hydroxylation sites is 1. The van der Waals surface area contributed by atoms with Gasteiger partial charge in [0, 0.05) is 11.6 Å². The number of halogens is 3. The molecule has 1 unspecified atom stereocenters. The first-order valence-electron chi connectivity index (χ1n) is 7.03. The van der Waals surface area contributed by atoms with Crippen LogP contribution in [-0.2, 0) is 0 Å². The van der Waals surface area contributed by atoms with Crippen LogP contribution in [0.3, 0.4) is 0 Å². The van der Waals surface area contributed by atoms with E-state index in [2.05, 4.69) is 10.1 Å². The van der Waals surface area contributed by atoms with Crippen LogP contribution in [0.4, 0.5) is 13.2 Å². The normalized spacial score (nSPS) is 18.8. The highest BCUT2D eigenvalue weighted by Crippen LogP contribution is 2.38. The number of hydrogen-bond donors (Lipinski definition) is 1. The van der Waals surface area contributed by atoms with Gasteiger partial charge in [-0.3, -0.25) is 0 Å². The molecular formula is C15H20F3NO. The molecule has 0 heterocycles. The van der Waals surface area contributed by atoms with Crippen LogP contribution in [0.15, 0.2) is 24.3 Å². The highest BCUT2D eigenvalue weighted by Gasteiger charge is 2.34. The van der Waals surface area contributed by atoms with E-state index >= 15 is 0 Å². The molecule has 5 heteroatoms. The summed E-state index contributed by atoms with van der Waals surface area (Å²) in [4.78, 5) is 0. The van der Waals surface area contributed by atoms with Crippen molar-refractivity contribution in [3.05, 3.63) is 29.8 Å². The van der Waals surface area contributed by atoms with Crippen LogP contribution in [0.25, 0.3) is 0 Å². The first-order valence-corrected chi connectivity index (χ1v) is 7.03. The van der Waals surface area contributed by atoms with Gasteiger partial charge in [0.1, 0.15) is 5.75 Å². The molecule has 0 aromatic heterocycles. The summed E-state index contributed by atoms with van der Waals surface area (Å²) in [6.07, 6.45) is 0.947. The Morgan fingerprint density at radius 2 is 1.80 bits per heavy atom. The number of ether oxygens (including phenoxy) is 1. The van der Waals surface area contributed by atoms with Crippen LogP contribution in [-0.4, -0.2) is 13.4 Å². The van der Waals surface area contributed by atoms with Crippen molar-refractivity contribution < 1.29 is 17.9 Å². The molecule has 20 heavy (non-hydrogen) atoms. The quantitative estimate of drug-likeness (QED) is 0.884. The maximum atomic E-state index is 12.5. The summed E-state index contributed by atoms with van der Waals surface area (Å²) in [5.41, 5.74) is 0.597. The largest absolute Gasteiger partial charge is 0.573 e. The molecule has 1 saturated carbocycles. The van der Waals surface area contributed by atoms with Gasteiger partial charge in [-0.25, -0.2) is 0 Å². The Morgan fingerprint density at radius 3 is 2.40 bits per heavy atom. The fraction of sp³-hybridized carbons (Fsp3) is 0.600. The van der Waals surface area contributed by atoms with Crippen molar-refractivity contribution in [2.45, 2.75) is 44.5 Å². The Bertz CT molecular complexity index is 427. The summed E-state index contributed by atoms with van der Waals surface area (Å²) >= 11 is 0. The smallest absolute Gasteiger partial charge is 0.405 e. The highest BCUT2D eigenvalue weighted by molar-refractivity contribution is 5.36. The molecule has 0 aliphatic heterocycles. The van der Waals surface area contributed by atoms with Crippen LogP contribution < -0.4 is 10.1 Å². The van der Waals surface area contributed by atoms with Crippen LogP contribution in [0.1, 0.15) is 43.7 Å². The third-order valence-electron chi connectivity index (χ3n) is 3.91. The van der Waals surface area contributed by atoms with Gasteiger partial charge in [0.2, 0.25) is 0 Å². The van der Waals surface area contributed by atoms with E-state index in [9.17, 15) is 13.2 Å². The Labute approximate surface area is 117 Å². The van der Waals surface area contributed by atoms with Crippen molar-refractivity contribution in [2.24, 2.45) is 5.92 Å². The number of benzene rings is 1. The number of rotatable bonds is 4. The maximum absolute atomic E-state index is 12.5. The third kappa shape index (κ3) is 3.88. The molecule has 0 saturated heterocycles. The zero-order valence-corrected chi connectivity index (χ0v) is 11.5. The molecule has 1 aromatic rings.